The second-order valence-corrected chi connectivity index (χ2v) is 11.2. The fourth-order valence-electron chi connectivity index (χ4n) is 4.91. The molecule has 11 nitrogen and oxygen atoms in total. The van der Waals surface area contributed by atoms with Gasteiger partial charge in [0.15, 0.2) is 11.5 Å². The Morgan fingerprint density at radius 2 is 1.68 bits per heavy atom. The molecular formula is C27H42N4O7. The van der Waals surface area contributed by atoms with E-state index in [4.69, 9.17) is 14.0 Å². The third-order valence-corrected chi connectivity index (χ3v) is 7.18. The molecule has 0 bridgehead atoms. The highest BCUT2D eigenvalue weighted by Crippen LogP contribution is 2.30. The molecule has 2 heterocycles. The zero-order chi connectivity index (χ0) is 27.9. The first kappa shape index (κ1) is 29.8. The van der Waals surface area contributed by atoms with Crippen molar-refractivity contribution < 1.29 is 33.2 Å². The van der Waals surface area contributed by atoms with Gasteiger partial charge >= 0.3 is 0 Å². The van der Waals surface area contributed by atoms with Crippen molar-refractivity contribution in [1.82, 2.24) is 21.1 Å². The van der Waals surface area contributed by atoms with Gasteiger partial charge in [-0.2, -0.15) is 0 Å². The van der Waals surface area contributed by atoms with Crippen molar-refractivity contribution in [2.75, 3.05) is 20.3 Å². The van der Waals surface area contributed by atoms with Gasteiger partial charge < -0.3 is 29.9 Å². The minimum Gasteiger partial charge on any atom is -0.382 e. The molecule has 0 radical (unpaired) electrons. The molecule has 1 aliphatic heterocycles. The smallest absolute Gasteiger partial charge is 0.274 e. The highest BCUT2D eigenvalue weighted by Gasteiger charge is 2.50. The fourth-order valence-corrected chi connectivity index (χ4v) is 4.91. The summed E-state index contributed by atoms with van der Waals surface area (Å²) >= 11 is 0. The number of epoxide rings is 1. The molecule has 3 rings (SSSR count). The summed E-state index contributed by atoms with van der Waals surface area (Å²) in [6.07, 6.45) is 6.18. The number of hydrogen-bond donors (Lipinski definition) is 3. The van der Waals surface area contributed by atoms with Crippen molar-refractivity contribution >= 4 is 23.5 Å². The lowest BCUT2D eigenvalue weighted by Gasteiger charge is -2.29. The number of nitrogens with one attached hydrogen (secondary N) is 3. The maximum absolute atomic E-state index is 13.6. The van der Waals surface area contributed by atoms with Crippen LogP contribution in [0.25, 0.3) is 0 Å². The van der Waals surface area contributed by atoms with Crippen LogP contribution in [-0.4, -0.2) is 72.7 Å². The first-order chi connectivity index (χ1) is 18.0. The van der Waals surface area contributed by atoms with Crippen LogP contribution in [0.15, 0.2) is 10.6 Å². The van der Waals surface area contributed by atoms with Gasteiger partial charge in [-0.3, -0.25) is 19.2 Å². The van der Waals surface area contributed by atoms with E-state index >= 15 is 0 Å². The minimum atomic E-state index is -1.06. The summed E-state index contributed by atoms with van der Waals surface area (Å²) in [4.78, 5) is 52.6. The molecule has 1 aliphatic carbocycles. The van der Waals surface area contributed by atoms with Crippen LogP contribution in [0.2, 0.25) is 0 Å². The number of amides is 3. The lowest BCUT2D eigenvalue weighted by molar-refractivity contribution is -0.134. The standard InChI is InChI=1S/C27H42N4O7/c1-16(2)11-19(23(32)27(4)15-37-27)28-24(33)20(13-18-9-7-6-8-10-18)29-26(35)22(14-36-5)30-25(34)21-12-17(3)38-31-21/h12,16,18-20,22H,6-11,13-15H2,1-5H3,(H,28,33)(H,29,35)(H,30,34)/t19?,20-,22?,27+/m0/s1. The van der Waals surface area contributed by atoms with Crippen molar-refractivity contribution in [3.05, 3.63) is 17.5 Å². The van der Waals surface area contributed by atoms with Gasteiger partial charge in [0.2, 0.25) is 11.8 Å². The molecule has 3 N–H and O–H groups in total. The maximum Gasteiger partial charge on any atom is 0.274 e. The van der Waals surface area contributed by atoms with E-state index in [1.165, 1.54) is 13.2 Å². The monoisotopic (exact) mass is 534 g/mol. The van der Waals surface area contributed by atoms with Crippen LogP contribution in [0, 0.1) is 18.8 Å². The predicted octanol–water partition coefficient (Wildman–Crippen LogP) is 2.07. The number of Topliss-reactive ketones (excluding diaryl/α,β-unsaturated/α-hetero) is 1. The molecule has 3 amide bonds. The van der Waals surface area contributed by atoms with Gasteiger partial charge in [-0.25, -0.2) is 0 Å². The number of carbonyl (C=O) groups is 4. The quantitative estimate of drug-likeness (QED) is 0.307. The second kappa shape index (κ2) is 13.3. The molecular weight excluding hydrogens is 492 g/mol. The molecule has 1 saturated heterocycles. The van der Waals surface area contributed by atoms with E-state index in [-0.39, 0.29) is 29.9 Å². The van der Waals surface area contributed by atoms with E-state index in [2.05, 4.69) is 21.1 Å². The maximum atomic E-state index is 13.6. The molecule has 1 aromatic heterocycles. The van der Waals surface area contributed by atoms with Crippen molar-refractivity contribution in [2.45, 2.75) is 96.4 Å². The molecule has 2 aliphatic rings. The van der Waals surface area contributed by atoms with Gasteiger partial charge in [-0.1, -0.05) is 51.1 Å². The van der Waals surface area contributed by atoms with E-state index in [9.17, 15) is 19.2 Å². The van der Waals surface area contributed by atoms with Gasteiger partial charge in [-0.05, 0) is 38.5 Å². The van der Waals surface area contributed by atoms with Crippen LogP contribution in [0.4, 0.5) is 0 Å². The molecule has 0 aromatic carbocycles. The summed E-state index contributed by atoms with van der Waals surface area (Å²) < 4.78 is 15.5. The van der Waals surface area contributed by atoms with Crippen molar-refractivity contribution in [1.29, 1.82) is 0 Å². The Labute approximate surface area is 224 Å². The van der Waals surface area contributed by atoms with Crippen LogP contribution in [0.5, 0.6) is 0 Å². The Balaban J connectivity index is 1.74. The van der Waals surface area contributed by atoms with E-state index < -0.39 is 41.4 Å². The molecule has 11 heteroatoms. The average molecular weight is 535 g/mol. The lowest BCUT2D eigenvalue weighted by Crippen LogP contribution is -2.58. The average Bonchev–Trinajstić information content (AvgIpc) is 3.48. The van der Waals surface area contributed by atoms with E-state index in [1.54, 1.807) is 13.8 Å². The molecule has 212 valence electrons. The third-order valence-electron chi connectivity index (χ3n) is 7.18. The number of ether oxygens (including phenoxy) is 2. The highest BCUT2D eigenvalue weighted by atomic mass is 16.6. The van der Waals surface area contributed by atoms with Crippen LogP contribution >= 0.6 is 0 Å². The summed E-state index contributed by atoms with van der Waals surface area (Å²) in [5.41, 5.74) is -0.832. The van der Waals surface area contributed by atoms with Gasteiger partial charge in [-0.15, -0.1) is 0 Å². The number of methoxy groups -OCH3 is 1. The number of aryl methyl sites for hydroxylation is 1. The molecule has 1 saturated carbocycles. The predicted molar refractivity (Wildman–Crippen MR) is 138 cm³/mol. The second-order valence-electron chi connectivity index (χ2n) is 11.2. The summed E-state index contributed by atoms with van der Waals surface area (Å²) in [6.45, 7) is 7.59. The van der Waals surface area contributed by atoms with Crippen molar-refractivity contribution in [3.63, 3.8) is 0 Å². The molecule has 4 atom stereocenters. The Morgan fingerprint density at radius 3 is 2.24 bits per heavy atom. The molecule has 2 fully saturated rings. The first-order valence-corrected chi connectivity index (χ1v) is 13.5. The van der Waals surface area contributed by atoms with E-state index in [0.29, 0.717) is 25.2 Å². The SMILES string of the molecule is COCC(NC(=O)c1cc(C)on1)C(=O)N[C@@H](CC1CCCCC1)C(=O)NC(CC(C)C)C(=O)[C@@]1(C)CO1. The number of carbonyl (C=O) groups excluding carboxylic acids is 4. The van der Waals surface area contributed by atoms with Crippen LogP contribution in [0.3, 0.4) is 0 Å². The normalized spacial score (nSPS) is 21.8. The van der Waals surface area contributed by atoms with Gasteiger partial charge in [0.05, 0.1) is 19.3 Å². The number of aromatic nitrogens is 1. The summed E-state index contributed by atoms with van der Waals surface area (Å²) in [6, 6.07) is -1.18. The number of nitrogens with zero attached hydrogens (tertiary/aromatic N) is 1. The van der Waals surface area contributed by atoms with Crippen LogP contribution in [0.1, 0.15) is 82.0 Å². The lowest BCUT2D eigenvalue weighted by atomic mass is 9.84. The largest absolute Gasteiger partial charge is 0.382 e. The Hall–Kier alpha value is -2.79. The molecule has 38 heavy (non-hydrogen) atoms. The number of hydrogen-bond acceptors (Lipinski definition) is 8. The van der Waals surface area contributed by atoms with Gasteiger partial charge in [0.25, 0.3) is 5.91 Å². The molecule has 1 aromatic rings. The van der Waals surface area contributed by atoms with E-state index in [1.807, 2.05) is 13.8 Å². The minimum absolute atomic E-state index is 0.0405. The summed E-state index contributed by atoms with van der Waals surface area (Å²) in [5.74, 6) is -0.816. The van der Waals surface area contributed by atoms with Crippen LogP contribution in [-0.2, 0) is 23.9 Å². The van der Waals surface area contributed by atoms with Gasteiger partial charge in [0.1, 0.15) is 23.4 Å². The Kier molecular flexibility index (Phi) is 10.4. The first-order valence-electron chi connectivity index (χ1n) is 13.5. The summed E-state index contributed by atoms with van der Waals surface area (Å²) in [7, 11) is 1.42. The highest BCUT2D eigenvalue weighted by molar-refractivity contribution is 5.99. The van der Waals surface area contributed by atoms with Gasteiger partial charge in [0, 0.05) is 13.2 Å². The summed E-state index contributed by atoms with van der Waals surface area (Å²) in [5, 5.41) is 12.0. The zero-order valence-corrected chi connectivity index (χ0v) is 23.1. The van der Waals surface area contributed by atoms with Crippen molar-refractivity contribution in [3.8, 4) is 0 Å². The fraction of sp³-hybridized carbons (Fsp3) is 0.741. The topological polar surface area (TPSA) is 152 Å². The molecule has 0 spiro atoms. The van der Waals surface area contributed by atoms with E-state index in [0.717, 1.165) is 32.1 Å². The number of ketones is 1. The van der Waals surface area contributed by atoms with Crippen molar-refractivity contribution in [2.24, 2.45) is 11.8 Å². The third kappa shape index (κ3) is 8.36. The Bertz CT molecular complexity index is 982. The van der Waals surface area contributed by atoms with Crippen LogP contribution < -0.4 is 16.0 Å². The number of rotatable bonds is 14. The zero-order valence-electron chi connectivity index (χ0n) is 23.1. The Morgan fingerprint density at radius 1 is 1.05 bits per heavy atom. The molecule has 2 unspecified atom stereocenters.